The van der Waals surface area contributed by atoms with Gasteiger partial charge in [0.15, 0.2) is 0 Å². The van der Waals surface area contributed by atoms with Crippen LogP contribution in [-0.2, 0) is 18.3 Å². The zero-order valence-electron chi connectivity index (χ0n) is 11.6. The van der Waals surface area contributed by atoms with Gasteiger partial charge < -0.3 is 14.8 Å². The lowest BCUT2D eigenvalue weighted by atomic mass is 10.1. The minimum atomic E-state index is 0.257. The van der Waals surface area contributed by atoms with Crippen LogP contribution in [0.15, 0.2) is 6.07 Å². The first kappa shape index (κ1) is 13.1. The van der Waals surface area contributed by atoms with E-state index < -0.39 is 0 Å². The molecule has 1 aromatic heterocycles. The average Bonchev–Trinajstić information content (AvgIpc) is 2.59. The second-order valence-electron chi connectivity index (χ2n) is 5.12. The third kappa shape index (κ3) is 2.75. The van der Waals surface area contributed by atoms with Crippen molar-refractivity contribution in [1.82, 2.24) is 14.8 Å². The maximum absolute atomic E-state index is 12.3. The molecule has 0 radical (unpaired) electrons. The first-order chi connectivity index (χ1) is 8.59. The van der Waals surface area contributed by atoms with Crippen molar-refractivity contribution >= 4 is 5.91 Å². The molecule has 1 N–H and O–H groups in total. The number of hydrogen-bond acceptors (Lipinski definition) is 2. The lowest BCUT2D eigenvalue weighted by Gasteiger charge is -2.19. The number of aryl methyl sites for hydroxylation is 1. The van der Waals surface area contributed by atoms with E-state index in [0.29, 0.717) is 6.42 Å². The molecule has 0 unspecified atom stereocenters. The molecular weight excluding hydrogens is 226 g/mol. The van der Waals surface area contributed by atoms with E-state index in [9.17, 15) is 4.79 Å². The van der Waals surface area contributed by atoms with Crippen LogP contribution < -0.4 is 5.32 Å². The number of carbonyl (C=O) groups is 1. The molecule has 18 heavy (non-hydrogen) atoms. The molecule has 4 heteroatoms. The molecule has 1 aliphatic rings. The summed E-state index contributed by atoms with van der Waals surface area (Å²) >= 11 is 0. The molecule has 1 saturated heterocycles. The Kier molecular flexibility index (Phi) is 4.07. The molecule has 100 valence electrons. The summed E-state index contributed by atoms with van der Waals surface area (Å²) in [6.45, 7) is 7.82. The highest BCUT2D eigenvalue weighted by Crippen LogP contribution is 2.15. The number of hydrogen-bond donors (Lipinski definition) is 1. The molecule has 0 atom stereocenters. The summed E-state index contributed by atoms with van der Waals surface area (Å²) in [4.78, 5) is 14.3. The van der Waals surface area contributed by atoms with Crippen molar-refractivity contribution in [1.29, 1.82) is 0 Å². The van der Waals surface area contributed by atoms with Gasteiger partial charge >= 0.3 is 0 Å². The second-order valence-corrected chi connectivity index (χ2v) is 5.12. The fourth-order valence-electron chi connectivity index (χ4n) is 2.48. The van der Waals surface area contributed by atoms with Crippen LogP contribution in [0.3, 0.4) is 0 Å². The Morgan fingerprint density at radius 2 is 2.11 bits per heavy atom. The fraction of sp³-hybridized carbons (Fsp3) is 0.643. The van der Waals surface area contributed by atoms with E-state index in [2.05, 4.69) is 36.8 Å². The Hall–Kier alpha value is -1.29. The molecule has 2 rings (SSSR count). The third-order valence-electron chi connectivity index (χ3n) is 3.91. The average molecular weight is 249 g/mol. The van der Waals surface area contributed by atoms with Crippen LogP contribution in [0, 0.1) is 13.8 Å². The SMILES string of the molecule is Cc1cc(CC(=O)N2CCCNCC2)c(C)n1C. The third-order valence-corrected chi connectivity index (χ3v) is 3.91. The van der Waals surface area contributed by atoms with Crippen molar-refractivity contribution in [2.45, 2.75) is 26.7 Å². The van der Waals surface area contributed by atoms with Gasteiger partial charge in [0.25, 0.3) is 0 Å². The minimum absolute atomic E-state index is 0.257. The van der Waals surface area contributed by atoms with Gasteiger partial charge in [-0.1, -0.05) is 0 Å². The highest BCUT2D eigenvalue weighted by atomic mass is 16.2. The lowest BCUT2D eigenvalue weighted by molar-refractivity contribution is -0.130. The highest BCUT2D eigenvalue weighted by Gasteiger charge is 2.17. The number of aromatic nitrogens is 1. The predicted octanol–water partition coefficient (Wildman–Crippen LogP) is 1.01. The number of nitrogens with zero attached hydrogens (tertiary/aromatic N) is 2. The van der Waals surface area contributed by atoms with Crippen molar-refractivity contribution in [3.8, 4) is 0 Å². The summed E-state index contributed by atoms with van der Waals surface area (Å²) in [7, 11) is 2.05. The first-order valence-electron chi connectivity index (χ1n) is 6.70. The summed E-state index contributed by atoms with van der Waals surface area (Å²) in [6.07, 6.45) is 1.59. The van der Waals surface area contributed by atoms with E-state index in [1.165, 1.54) is 11.4 Å². The number of carbonyl (C=O) groups excluding carboxylic acids is 1. The minimum Gasteiger partial charge on any atom is -0.352 e. The van der Waals surface area contributed by atoms with E-state index in [1.807, 2.05) is 4.90 Å². The molecule has 0 aliphatic carbocycles. The van der Waals surface area contributed by atoms with Gasteiger partial charge in [0.2, 0.25) is 5.91 Å². The first-order valence-corrected chi connectivity index (χ1v) is 6.70. The standard InChI is InChI=1S/C14H23N3O/c1-11-9-13(12(2)16(11)3)10-14(18)17-7-4-5-15-6-8-17/h9,15H,4-8,10H2,1-3H3. The molecule has 1 aromatic rings. The van der Waals surface area contributed by atoms with Crippen molar-refractivity contribution in [3.63, 3.8) is 0 Å². The van der Waals surface area contributed by atoms with Gasteiger partial charge in [-0.3, -0.25) is 4.79 Å². The molecule has 0 saturated carbocycles. The summed E-state index contributed by atoms with van der Waals surface area (Å²) in [5, 5.41) is 3.32. The highest BCUT2D eigenvalue weighted by molar-refractivity contribution is 5.79. The van der Waals surface area contributed by atoms with Crippen molar-refractivity contribution in [2.24, 2.45) is 7.05 Å². The van der Waals surface area contributed by atoms with Crippen LogP contribution >= 0.6 is 0 Å². The lowest BCUT2D eigenvalue weighted by Crippen LogP contribution is -2.35. The molecule has 1 amide bonds. The van der Waals surface area contributed by atoms with Crippen molar-refractivity contribution in [3.05, 3.63) is 23.0 Å². The zero-order valence-corrected chi connectivity index (χ0v) is 11.6. The Labute approximate surface area is 109 Å². The molecule has 4 nitrogen and oxygen atoms in total. The van der Waals surface area contributed by atoms with E-state index >= 15 is 0 Å². The quantitative estimate of drug-likeness (QED) is 0.849. The molecular formula is C14H23N3O. The summed E-state index contributed by atoms with van der Waals surface area (Å²) < 4.78 is 2.15. The van der Waals surface area contributed by atoms with Crippen LogP contribution in [0.1, 0.15) is 23.4 Å². The maximum Gasteiger partial charge on any atom is 0.227 e. The maximum atomic E-state index is 12.3. The van der Waals surface area contributed by atoms with Gasteiger partial charge in [0.1, 0.15) is 0 Å². The summed E-state index contributed by atoms with van der Waals surface area (Å²) in [5.74, 6) is 0.257. The van der Waals surface area contributed by atoms with Gasteiger partial charge in [-0.05, 0) is 38.4 Å². The Bertz CT molecular complexity index is 428. The van der Waals surface area contributed by atoms with Gasteiger partial charge in [-0.25, -0.2) is 0 Å². The van der Waals surface area contributed by atoms with Crippen molar-refractivity contribution in [2.75, 3.05) is 26.2 Å². The molecule has 1 fully saturated rings. The van der Waals surface area contributed by atoms with E-state index in [-0.39, 0.29) is 5.91 Å². The van der Waals surface area contributed by atoms with Gasteiger partial charge in [-0.2, -0.15) is 0 Å². The Balaban J connectivity index is 2.03. The zero-order chi connectivity index (χ0) is 13.1. The fourth-order valence-corrected chi connectivity index (χ4v) is 2.48. The summed E-state index contributed by atoms with van der Waals surface area (Å²) in [6, 6.07) is 2.13. The molecule has 0 aromatic carbocycles. The number of nitrogens with one attached hydrogen (secondary N) is 1. The number of rotatable bonds is 2. The topological polar surface area (TPSA) is 37.3 Å². The van der Waals surface area contributed by atoms with E-state index in [0.717, 1.165) is 38.2 Å². The van der Waals surface area contributed by atoms with E-state index in [4.69, 9.17) is 0 Å². The van der Waals surface area contributed by atoms with Crippen LogP contribution in [0.4, 0.5) is 0 Å². The second kappa shape index (κ2) is 5.57. The largest absolute Gasteiger partial charge is 0.352 e. The van der Waals surface area contributed by atoms with Gasteiger partial charge in [0.05, 0.1) is 6.42 Å². The molecule has 0 bridgehead atoms. The normalized spacial score (nSPS) is 16.7. The van der Waals surface area contributed by atoms with Gasteiger partial charge in [-0.15, -0.1) is 0 Å². The smallest absolute Gasteiger partial charge is 0.227 e. The van der Waals surface area contributed by atoms with E-state index in [1.54, 1.807) is 0 Å². The Morgan fingerprint density at radius 1 is 1.33 bits per heavy atom. The van der Waals surface area contributed by atoms with Crippen LogP contribution in [0.5, 0.6) is 0 Å². The van der Waals surface area contributed by atoms with Crippen LogP contribution in [-0.4, -0.2) is 41.6 Å². The van der Waals surface area contributed by atoms with Crippen LogP contribution in [0.2, 0.25) is 0 Å². The predicted molar refractivity (Wildman–Crippen MR) is 72.7 cm³/mol. The molecule has 1 aliphatic heterocycles. The Morgan fingerprint density at radius 3 is 2.78 bits per heavy atom. The van der Waals surface area contributed by atoms with Crippen molar-refractivity contribution < 1.29 is 4.79 Å². The molecule has 2 heterocycles. The molecule has 0 spiro atoms. The van der Waals surface area contributed by atoms with Gasteiger partial charge in [0, 0.05) is 38.1 Å². The monoisotopic (exact) mass is 249 g/mol. The summed E-state index contributed by atoms with van der Waals surface area (Å²) in [5.41, 5.74) is 3.58. The number of amides is 1. The van der Waals surface area contributed by atoms with Crippen LogP contribution in [0.25, 0.3) is 0 Å².